The van der Waals surface area contributed by atoms with Crippen LogP contribution in [0.25, 0.3) is 11.1 Å². The van der Waals surface area contributed by atoms with Gasteiger partial charge >= 0.3 is 0 Å². The first-order valence-electron chi connectivity index (χ1n) is 7.97. The van der Waals surface area contributed by atoms with Gasteiger partial charge in [0.2, 0.25) is 0 Å². The molecule has 0 radical (unpaired) electrons. The first-order valence-corrected chi connectivity index (χ1v) is 8.51. The minimum atomic E-state index is 0.611. The smallest absolute Gasteiger partial charge is 0.127 e. The molecule has 0 N–H and O–H groups in total. The quantitative estimate of drug-likeness (QED) is 0.379. The van der Waals surface area contributed by atoms with E-state index in [4.69, 9.17) is 21.1 Å². The second kappa shape index (κ2) is 8.42. The monoisotopic (exact) mass is 338 g/mol. The maximum absolute atomic E-state index is 5.87. The molecule has 24 heavy (non-hydrogen) atoms. The fourth-order valence-electron chi connectivity index (χ4n) is 2.33. The number of benzene rings is 3. The topological polar surface area (TPSA) is 18.5 Å². The van der Waals surface area contributed by atoms with Crippen LogP contribution in [0.15, 0.2) is 78.9 Å². The van der Waals surface area contributed by atoms with Crippen LogP contribution in [0.5, 0.6) is 17.2 Å². The lowest BCUT2D eigenvalue weighted by atomic mass is 10.1. The Labute approximate surface area is 147 Å². The molecule has 0 saturated carbocycles. The summed E-state index contributed by atoms with van der Waals surface area (Å²) in [5.74, 6) is 3.03. The Hall–Kier alpha value is -2.45. The summed E-state index contributed by atoms with van der Waals surface area (Å²) in [6, 6.07) is 26.0. The summed E-state index contributed by atoms with van der Waals surface area (Å²) in [5, 5.41) is 0. The van der Waals surface area contributed by atoms with Gasteiger partial charge in [0, 0.05) is 5.88 Å². The van der Waals surface area contributed by atoms with Crippen molar-refractivity contribution in [2.45, 2.75) is 6.42 Å². The van der Waals surface area contributed by atoms with Gasteiger partial charge in [-0.05, 0) is 53.9 Å². The van der Waals surface area contributed by atoms with Crippen molar-refractivity contribution in [2.24, 2.45) is 0 Å². The van der Waals surface area contributed by atoms with Crippen molar-refractivity contribution >= 4 is 11.6 Å². The van der Waals surface area contributed by atoms with Gasteiger partial charge < -0.3 is 9.47 Å². The molecule has 3 aromatic rings. The predicted octanol–water partition coefficient (Wildman–Crippen LogP) is 6.15. The second-order valence-corrected chi connectivity index (χ2v) is 5.73. The van der Waals surface area contributed by atoms with E-state index in [0.717, 1.165) is 23.7 Å². The molecule has 2 nitrogen and oxygen atoms in total. The van der Waals surface area contributed by atoms with E-state index in [1.54, 1.807) is 0 Å². The van der Waals surface area contributed by atoms with Crippen molar-refractivity contribution in [3.8, 4) is 28.4 Å². The molecule has 0 aliphatic rings. The van der Waals surface area contributed by atoms with Crippen LogP contribution in [0.2, 0.25) is 0 Å². The fourth-order valence-corrected chi connectivity index (χ4v) is 2.44. The highest BCUT2D eigenvalue weighted by Gasteiger charge is 2.01. The second-order valence-electron chi connectivity index (χ2n) is 5.35. The summed E-state index contributed by atoms with van der Waals surface area (Å²) in [6.07, 6.45) is 0.841. The fraction of sp³-hybridized carbons (Fsp3) is 0.143. The zero-order valence-corrected chi connectivity index (χ0v) is 14.1. The maximum atomic E-state index is 5.87. The summed E-state index contributed by atoms with van der Waals surface area (Å²) in [5.41, 5.74) is 2.37. The summed E-state index contributed by atoms with van der Waals surface area (Å²) in [6.45, 7) is 0.630. The zero-order chi connectivity index (χ0) is 16.6. The zero-order valence-electron chi connectivity index (χ0n) is 13.3. The normalized spacial score (nSPS) is 10.4. The van der Waals surface area contributed by atoms with E-state index >= 15 is 0 Å². The Balaban J connectivity index is 1.61. The predicted molar refractivity (Wildman–Crippen MR) is 99.2 cm³/mol. The van der Waals surface area contributed by atoms with Gasteiger partial charge in [0.25, 0.3) is 0 Å². The summed E-state index contributed by atoms with van der Waals surface area (Å²) in [4.78, 5) is 0. The number of alkyl halides is 1. The number of hydrogen-bond donors (Lipinski definition) is 0. The Kier molecular flexibility index (Phi) is 5.75. The van der Waals surface area contributed by atoms with Gasteiger partial charge in [0.15, 0.2) is 0 Å². The van der Waals surface area contributed by atoms with Gasteiger partial charge in [-0.2, -0.15) is 0 Å². The van der Waals surface area contributed by atoms with Crippen LogP contribution in [-0.4, -0.2) is 12.5 Å². The molecule has 0 saturated heterocycles. The summed E-state index contributed by atoms with van der Waals surface area (Å²) in [7, 11) is 0. The largest absolute Gasteiger partial charge is 0.494 e. The molecule has 0 unspecified atom stereocenters. The average molecular weight is 339 g/mol. The third kappa shape index (κ3) is 4.53. The van der Waals surface area contributed by atoms with Crippen LogP contribution < -0.4 is 9.47 Å². The lowest BCUT2D eigenvalue weighted by Crippen LogP contribution is -1.97. The molecule has 0 spiro atoms. The van der Waals surface area contributed by atoms with Crippen LogP contribution in [0.4, 0.5) is 0 Å². The first kappa shape index (κ1) is 16.4. The molecule has 0 fully saturated rings. The van der Waals surface area contributed by atoms with E-state index in [2.05, 4.69) is 24.3 Å². The van der Waals surface area contributed by atoms with Crippen LogP contribution in [0, 0.1) is 0 Å². The van der Waals surface area contributed by atoms with Crippen molar-refractivity contribution in [3.63, 3.8) is 0 Å². The van der Waals surface area contributed by atoms with Gasteiger partial charge in [0.05, 0.1) is 6.61 Å². The molecule has 122 valence electrons. The SMILES string of the molecule is ClCCCOc1ccc(Oc2ccc(-c3ccccc3)cc2)cc1. The van der Waals surface area contributed by atoms with Gasteiger partial charge in [0.1, 0.15) is 17.2 Å². The van der Waals surface area contributed by atoms with Gasteiger partial charge in [-0.15, -0.1) is 11.6 Å². The van der Waals surface area contributed by atoms with Crippen molar-refractivity contribution in [1.82, 2.24) is 0 Å². The number of ether oxygens (including phenoxy) is 2. The summed E-state index contributed by atoms with van der Waals surface area (Å²) < 4.78 is 11.4. The lowest BCUT2D eigenvalue weighted by molar-refractivity contribution is 0.318. The molecule has 3 aromatic carbocycles. The average Bonchev–Trinajstić information content (AvgIpc) is 2.65. The highest BCUT2D eigenvalue weighted by atomic mass is 35.5. The molecule has 0 aliphatic heterocycles. The van der Waals surface area contributed by atoms with Crippen molar-refractivity contribution in [3.05, 3.63) is 78.9 Å². The molecule has 0 aliphatic carbocycles. The molecule has 0 atom stereocenters. The highest BCUT2D eigenvalue weighted by Crippen LogP contribution is 2.27. The lowest BCUT2D eigenvalue weighted by Gasteiger charge is -2.09. The number of hydrogen-bond acceptors (Lipinski definition) is 2. The number of rotatable bonds is 7. The third-order valence-corrected chi connectivity index (χ3v) is 3.83. The molecular formula is C21H19ClO2. The van der Waals surface area contributed by atoms with Crippen LogP contribution in [0.1, 0.15) is 6.42 Å². The first-order chi connectivity index (χ1) is 11.8. The molecule has 3 heteroatoms. The van der Waals surface area contributed by atoms with Crippen molar-refractivity contribution in [2.75, 3.05) is 12.5 Å². The Morgan fingerprint density at radius 1 is 0.625 bits per heavy atom. The number of halogens is 1. The minimum Gasteiger partial charge on any atom is -0.494 e. The van der Waals surface area contributed by atoms with Crippen molar-refractivity contribution < 1.29 is 9.47 Å². The third-order valence-electron chi connectivity index (χ3n) is 3.57. The molecule has 0 aromatic heterocycles. The van der Waals surface area contributed by atoms with E-state index in [-0.39, 0.29) is 0 Å². The molecule has 3 rings (SSSR count). The minimum absolute atomic E-state index is 0.611. The Morgan fingerprint density at radius 3 is 1.79 bits per heavy atom. The Bertz CT molecular complexity index is 737. The van der Waals surface area contributed by atoms with Crippen LogP contribution in [0.3, 0.4) is 0 Å². The maximum Gasteiger partial charge on any atom is 0.127 e. The molecule has 0 amide bonds. The van der Waals surface area contributed by atoms with Crippen LogP contribution in [-0.2, 0) is 0 Å². The van der Waals surface area contributed by atoms with E-state index in [9.17, 15) is 0 Å². The van der Waals surface area contributed by atoms with Crippen molar-refractivity contribution in [1.29, 1.82) is 0 Å². The standard InChI is InChI=1S/C21H19ClO2/c22-15-4-16-23-19-11-13-21(14-12-19)24-20-9-7-18(8-10-20)17-5-2-1-3-6-17/h1-3,5-14H,4,15-16H2. The summed E-state index contributed by atoms with van der Waals surface area (Å²) >= 11 is 5.63. The van der Waals surface area contributed by atoms with E-state index in [1.165, 1.54) is 11.1 Å². The van der Waals surface area contributed by atoms with E-state index < -0.39 is 0 Å². The Morgan fingerprint density at radius 2 is 1.17 bits per heavy atom. The van der Waals surface area contributed by atoms with Crippen LogP contribution >= 0.6 is 11.6 Å². The molecular weight excluding hydrogens is 320 g/mol. The molecule has 0 bridgehead atoms. The molecule has 0 heterocycles. The van der Waals surface area contributed by atoms with Gasteiger partial charge in [-0.1, -0.05) is 42.5 Å². The van der Waals surface area contributed by atoms with Gasteiger partial charge in [-0.3, -0.25) is 0 Å². The van der Waals surface area contributed by atoms with Gasteiger partial charge in [-0.25, -0.2) is 0 Å². The highest BCUT2D eigenvalue weighted by molar-refractivity contribution is 6.17. The van der Waals surface area contributed by atoms with E-state index in [0.29, 0.717) is 12.5 Å². The van der Waals surface area contributed by atoms with E-state index in [1.807, 2.05) is 54.6 Å².